The van der Waals surface area contributed by atoms with E-state index in [1.807, 2.05) is 6.92 Å². The number of rotatable bonds is 5. The molecule has 1 fully saturated rings. The number of alkyl halides is 3. The van der Waals surface area contributed by atoms with Gasteiger partial charge in [-0.25, -0.2) is 9.97 Å². The molecule has 1 N–H and O–H groups in total. The molecule has 8 heteroatoms. The molecular weight excluding hydrogens is 357 g/mol. The molecule has 3 rings (SSSR count). The Morgan fingerprint density at radius 1 is 1.26 bits per heavy atom. The number of carbonyl (C=O) groups is 1. The van der Waals surface area contributed by atoms with E-state index in [9.17, 15) is 18.0 Å². The predicted octanol–water partition coefficient (Wildman–Crippen LogP) is 3.58. The molecule has 2 heterocycles. The van der Waals surface area contributed by atoms with Crippen LogP contribution in [-0.4, -0.2) is 33.4 Å². The van der Waals surface area contributed by atoms with Gasteiger partial charge in [0.2, 0.25) is 5.91 Å². The van der Waals surface area contributed by atoms with Crippen LogP contribution >= 0.6 is 0 Å². The van der Waals surface area contributed by atoms with Crippen molar-refractivity contribution in [1.82, 2.24) is 14.9 Å². The van der Waals surface area contributed by atoms with Gasteiger partial charge in [0.1, 0.15) is 11.6 Å². The van der Waals surface area contributed by atoms with Crippen LogP contribution in [-0.2, 0) is 23.9 Å². The minimum absolute atomic E-state index is 0.0594. The Morgan fingerprint density at radius 2 is 2.00 bits per heavy atom. The summed E-state index contributed by atoms with van der Waals surface area (Å²) in [5.74, 6) is 1.13. The normalized spacial score (nSPS) is 17.4. The van der Waals surface area contributed by atoms with E-state index in [4.69, 9.17) is 0 Å². The zero-order valence-electron chi connectivity index (χ0n) is 15.2. The fraction of sp³-hybridized carbons (Fsp3) is 0.421. The minimum Gasteiger partial charge on any atom is -0.365 e. The molecule has 1 amide bonds. The Kier molecular flexibility index (Phi) is 5.34. The Morgan fingerprint density at radius 3 is 2.70 bits per heavy atom. The molecule has 0 radical (unpaired) electrons. The first kappa shape index (κ1) is 19.1. The van der Waals surface area contributed by atoms with Crippen LogP contribution in [0.15, 0.2) is 30.5 Å². The molecule has 1 saturated heterocycles. The van der Waals surface area contributed by atoms with Crippen LogP contribution in [0.2, 0.25) is 0 Å². The van der Waals surface area contributed by atoms with Crippen LogP contribution < -0.4 is 5.32 Å². The summed E-state index contributed by atoms with van der Waals surface area (Å²) >= 11 is 0. The van der Waals surface area contributed by atoms with E-state index in [0.29, 0.717) is 18.2 Å². The molecule has 1 aliphatic rings. The van der Waals surface area contributed by atoms with E-state index in [1.165, 1.54) is 17.0 Å². The summed E-state index contributed by atoms with van der Waals surface area (Å²) in [6.07, 6.45) is -1.73. The second-order valence-corrected chi connectivity index (χ2v) is 6.62. The largest absolute Gasteiger partial charge is 0.416 e. The number of nitrogens with one attached hydrogen (secondary N) is 1. The summed E-state index contributed by atoms with van der Waals surface area (Å²) < 4.78 is 39.5. The molecule has 1 aliphatic heterocycles. The second-order valence-electron chi connectivity index (χ2n) is 6.62. The molecule has 27 heavy (non-hydrogen) atoms. The van der Waals surface area contributed by atoms with Crippen LogP contribution in [0.3, 0.4) is 0 Å². The fourth-order valence-corrected chi connectivity index (χ4v) is 3.23. The summed E-state index contributed by atoms with van der Waals surface area (Å²) in [5.41, 5.74) is 0.342. The van der Waals surface area contributed by atoms with Gasteiger partial charge >= 0.3 is 6.18 Å². The molecule has 0 aliphatic carbocycles. The van der Waals surface area contributed by atoms with Gasteiger partial charge in [0.15, 0.2) is 0 Å². The lowest BCUT2D eigenvalue weighted by molar-refractivity contribution is -0.139. The van der Waals surface area contributed by atoms with Gasteiger partial charge in [-0.2, -0.15) is 13.2 Å². The number of aromatic nitrogens is 2. The van der Waals surface area contributed by atoms with E-state index in [1.54, 1.807) is 19.2 Å². The summed E-state index contributed by atoms with van der Waals surface area (Å²) in [6.45, 7) is 4.04. The van der Waals surface area contributed by atoms with Gasteiger partial charge < -0.3 is 10.2 Å². The minimum atomic E-state index is -4.44. The highest BCUT2D eigenvalue weighted by Gasteiger charge is 2.35. The molecule has 144 valence electrons. The van der Waals surface area contributed by atoms with Gasteiger partial charge in [-0.15, -0.1) is 0 Å². The third kappa shape index (κ3) is 4.37. The van der Waals surface area contributed by atoms with Crippen molar-refractivity contribution < 1.29 is 18.0 Å². The summed E-state index contributed by atoms with van der Waals surface area (Å²) in [4.78, 5) is 22.3. The first-order valence-electron chi connectivity index (χ1n) is 8.80. The molecule has 0 unspecified atom stereocenters. The van der Waals surface area contributed by atoms with Crippen molar-refractivity contribution in [3.63, 3.8) is 0 Å². The van der Waals surface area contributed by atoms with Gasteiger partial charge in [0.25, 0.3) is 0 Å². The Labute approximate surface area is 155 Å². The zero-order chi connectivity index (χ0) is 19.6. The Hall–Kier alpha value is -2.64. The van der Waals surface area contributed by atoms with Crippen molar-refractivity contribution in [2.24, 2.45) is 0 Å². The maximum Gasteiger partial charge on any atom is 0.416 e. The first-order valence-corrected chi connectivity index (χ1v) is 8.80. The van der Waals surface area contributed by atoms with E-state index >= 15 is 0 Å². The highest BCUT2D eigenvalue weighted by molar-refractivity contribution is 5.80. The first-order chi connectivity index (χ1) is 12.8. The second kappa shape index (κ2) is 7.54. The highest BCUT2D eigenvalue weighted by Crippen LogP contribution is 2.33. The number of hydrogen-bond acceptors (Lipinski definition) is 4. The van der Waals surface area contributed by atoms with Crippen molar-refractivity contribution >= 4 is 11.7 Å². The van der Waals surface area contributed by atoms with Crippen molar-refractivity contribution in [1.29, 1.82) is 0 Å². The maximum absolute atomic E-state index is 13.2. The van der Waals surface area contributed by atoms with Crippen LogP contribution in [0.5, 0.6) is 0 Å². The lowest BCUT2D eigenvalue weighted by Gasteiger charge is -2.20. The number of amides is 1. The molecule has 5 nitrogen and oxygen atoms in total. The molecule has 1 aromatic heterocycles. The van der Waals surface area contributed by atoms with Crippen LogP contribution in [0.25, 0.3) is 0 Å². The average Bonchev–Trinajstić information content (AvgIpc) is 2.94. The van der Waals surface area contributed by atoms with Crippen LogP contribution in [0.4, 0.5) is 19.0 Å². The quantitative estimate of drug-likeness (QED) is 0.864. The van der Waals surface area contributed by atoms with Crippen LogP contribution in [0, 0.1) is 6.92 Å². The number of carbonyl (C=O) groups excluding carboxylic acids is 1. The molecule has 2 aromatic rings. The van der Waals surface area contributed by atoms with Crippen molar-refractivity contribution in [3.8, 4) is 0 Å². The summed E-state index contributed by atoms with van der Waals surface area (Å²) in [6, 6.07) is 5.17. The van der Waals surface area contributed by atoms with Crippen molar-refractivity contribution in [2.75, 3.05) is 11.9 Å². The number of aryl methyl sites for hydroxylation is 2. The molecule has 1 atom stereocenters. The van der Waals surface area contributed by atoms with E-state index in [2.05, 4.69) is 15.3 Å². The van der Waals surface area contributed by atoms with Gasteiger partial charge in [-0.05, 0) is 25.0 Å². The standard InChI is InChI=1S/C19H21F3N4O/c1-3-13-9-23-12(2)24-18(13)25-15-8-17(27)26(11-15)10-14-6-4-5-7-16(14)19(20,21)22/h4-7,9,15H,3,8,10-11H2,1-2H3,(H,23,24,25)/t15-/m1/s1. The molecular formula is C19H21F3N4O. The van der Waals surface area contributed by atoms with E-state index < -0.39 is 11.7 Å². The monoisotopic (exact) mass is 378 g/mol. The number of hydrogen-bond donors (Lipinski definition) is 1. The lowest BCUT2D eigenvalue weighted by atomic mass is 10.1. The van der Waals surface area contributed by atoms with Gasteiger partial charge in [0, 0.05) is 31.3 Å². The van der Waals surface area contributed by atoms with Gasteiger partial charge in [-0.3, -0.25) is 4.79 Å². The van der Waals surface area contributed by atoms with Crippen LogP contribution in [0.1, 0.15) is 35.9 Å². The number of nitrogens with zero attached hydrogens (tertiary/aromatic N) is 3. The molecule has 0 spiro atoms. The van der Waals surface area contributed by atoms with Gasteiger partial charge in [-0.1, -0.05) is 25.1 Å². The Balaban J connectivity index is 1.73. The average molecular weight is 378 g/mol. The number of halogens is 3. The van der Waals surface area contributed by atoms with Gasteiger partial charge in [0.05, 0.1) is 11.6 Å². The molecule has 1 aromatic carbocycles. The number of anilines is 1. The molecule has 0 saturated carbocycles. The van der Waals surface area contributed by atoms with Crippen molar-refractivity contribution in [2.45, 2.75) is 45.5 Å². The smallest absolute Gasteiger partial charge is 0.365 e. The van der Waals surface area contributed by atoms with E-state index in [0.717, 1.165) is 18.1 Å². The highest BCUT2D eigenvalue weighted by atomic mass is 19.4. The zero-order valence-corrected chi connectivity index (χ0v) is 15.2. The number of benzene rings is 1. The number of likely N-dealkylation sites (tertiary alicyclic amines) is 1. The third-order valence-corrected chi connectivity index (χ3v) is 4.61. The maximum atomic E-state index is 13.2. The fourth-order valence-electron chi connectivity index (χ4n) is 3.23. The lowest BCUT2D eigenvalue weighted by Crippen LogP contribution is -2.29. The SMILES string of the molecule is CCc1cnc(C)nc1N[C@@H]1CC(=O)N(Cc2ccccc2C(F)(F)F)C1. The summed E-state index contributed by atoms with van der Waals surface area (Å²) in [5, 5.41) is 3.26. The third-order valence-electron chi connectivity index (χ3n) is 4.61. The topological polar surface area (TPSA) is 58.1 Å². The van der Waals surface area contributed by atoms with E-state index in [-0.39, 0.29) is 30.5 Å². The predicted molar refractivity (Wildman–Crippen MR) is 95.0 cm³/mol. The van der Waals surface area contributed by atoms with Crippen molar-refractivity contribution in [3.05, 3.63) is 53.0 Å². The Bertz CT molecular complexity index is 838. The summed E-state index contributed by atoms with van der Waals surface area (Å²) in [7, 11) is 0. The molecule has 0 bridgehead atoms.